The molecule has 20 heavy (non-hydrogen) atoms. The van der Waals surface area contributed by atoms with Crippen LogP contribution in [0.25, 0.3) is 0 Å². The van der Waals surface area contributed by atoms with Gasteiger partial charge in [-0.15, -0.1) is 0 Å². The van der Waals surface area contributed by atoms with E-state index in [-0.39, 0.29) is 0 Å². The third-order valence-corrected chi connectivity index (χ3v) is 4.05. The molecular formula is C15H18Cl2N2O. The quantitative estimate of drug-likeness (QED) is 0.937. The first-order valence-corrected chi connectivity index (χ1v) is 7.19. The van der Waals surface area contributed by atoms with Crippen molar-refractivity contribution >= 4 is 23.2 Å². The van der Waals surface area contributed by atoms with Crippen molar-refractivity contribution in [3.63, 3.8) is 0 Å². The zero-order valence-electron chi connectivity index (χ0n) is 11.8. The van der Waals surface area contributed by atoms with Crippen LogP contribution in [0.15, 0.2) is 24.3 Å². The standard InChI is InChI=1S/C15H18Cl2N2O/c1-10-13(14(17)19(3)18-10)9-15(2,20)8-11-4-6-12(16)7-5-11/h4-7,20H,8-9H2,1-3H3. The van der Waals surface area contributed by atoms with Gasteiger partial charge in [0, 0.05) is 30.5 Å². The van der Waals surface area contributed by atoms with E-state index in [9.17, 15) is 5.11 Å². The predicted octanol–water partition coefficient (Wildman–Crippen LogP) is 3.57. The Bertz CT molecular complexity index is 603. The fraction of sp³-hybridized carbons (Fsp3) is 0.400. The molecule has 0 aliphatic carbocycles. The van der Waals surface area contributed by atoms with E-state index in [1.165, 1.54) is 0 Å². The van der Waals surface area contributed by atoms with E-state index in [0.29, 0.717) is 23.0 Å². The Morgan fingerprint density at radius 3 is 2.30 bits per heavy atom. The van der Waals surface area contributed by atoms with Crippen molar-refractivity contribution < 1.29 is 5.11 Å². The normalized spacial score (nSPS) is 14.3. The maximum absolute atomic E-state index is 10.6. The summed E-state index contributed by atoms with van der Waals surface area (Å²) in [5.74, 6) is 0. The lowest BCUT2D eigenvalue weighted by atomic mass is 9.90. The lowest BCUT2D eigenvalue weighted by molar-refractivity contribution is 0.0607. The highest BCUT2D eigenvalue weighted by atomic mass is 35.5. The van der Waals surface area contributed by atoms with Gasteiger partial charge in [0.05, 0.1) is 11.3 Å². The molecule has 3 nitrogen and oxygen atoms in total. The third-order valence-electron chi connectivity index (χ3n) is 3.33. The van der Waals surface area contributed by atoms with Crippen molar-refractivity contribution in [1.29, 1.82) is 0 Å². The highest BCUT2D eigenvalue weighted by Gasteiger charge is 2.25. The number of benzene rings is 1. The molecule has 0 radical (unpaired) electrons. The van der Waals surface area contributed by atoms with Crippen molar-refractivity contribution in [1.82, 2.24) is 9.78 Å². The summed E-state index contributed by atoms with van der Waals surface area (Å²) >= 11 is 12.1. The third kappa shape index (κ3) is 3.54. The molecule has 2 rings (SSSR count). The molecular weight excluding hydrogens is 295 g/mol. The Morgan fingerprint density at radius 2 is 1.80 bits per heavy atom. The number of rotatable bonds is 4. The molecule has 0 spiro atoms. The van der Waals surface area contributed by atoms with E-state index in [1.807, 2.05) is 38.1 Å². The second-order valence-corrected chi connectivity index (χ2v) is 6.25. The molecule has 0 fully saturated rings. The van der Waals surface area contributed by atoms with Crippen LogP contribution in [0.3, 0.4) is 0 Å². The van der Waals surface area contributed by atoms with Crippen molar-refractivity contribution in [3.8, 4) is 0 Å². The summed E-state index contributed by atoms with van der Waals surface area (Å²) in [6, 6.07) is 7.51. The van der Waals surface area contributed by atoms with Gasteiger partial charge in [-0.3, -0.25) is 4.68 Å². The average molecular weight is 313 g/mol. The van der Waals surface area contributed by atoms with Crippen molar-refractivity contribution in [2.75, 3.05) is 0 Å². The summed E-state index contributed by atoms with van der Waals surface area (Å²) in [5.41, 5.74) is 1.91. The van der Waals surface area contributed by atoms with Crippen LogP contribution in [0.2, 0.25) is 10.2 Å². The molecule has 1 N–H and O–H groups in total. The molecule has 1 aromatic carbocycles. The first-order valence-electron chi connectivity index (χ1n) is 6.43. The van der Waals surface area contributed by atoms with Gasteiger partial charge < -0.3 is 5.11 Å². The van der Waals surface area contributed by atoms with E-state index in [2.05, 4.69) is 5.10 Å². The molecule has 0 aliphatic heterocycles. The molecule has 1 heterocycles. The first-order chi connectivity index (χ1) is 9.28. The summed E-state index contributed by atoms with van der Waals surface area (Å²) in [7, 11) is 1.80. The van der Waals surface area contributed by atoms with Crippen molar-refractivity contribution in [3.05, 3.63) is 51.3 Å². The Morgan fingerprint density at radius 1 is 1.20 bits per heavy atom. The smallest absolute Gasteiger partial charge is 0.130 e. The summed E-state index contributed by atoms with van der Waals surface area (Å²) in [4.78, 5) is 0. The van der Waals surface area contributed by atoms with Crippen LogP contribution in [0.1, 0.15) is 23.7 Å². The Hall–Kier alpha value is -1.03. The summed E-state index contributed by atoms with van der Waals surface area (Å²) in [6.07, 6.45) is 1.00. The first kappa shape index (κ1) is 15.4. The maximum Gasteiger partial charge on any atom is 0.130 e. The zero-order valence-corrected chi connectivity index (χ0v) is 13.3. The fourth-order valence-corrected chi connectivity index (χ4v) is 2.73. The Kier molecular flexibility index (Phi) is 4.43. The van der Waals surface area contributed by atoms with Crippen LogP contribution in [-0.2, 0) is 19.9 Å². The highest BCUT2D eigenvalue weighted by molar-refractivity contribution is 6.30. The minimum Gasteiger partial charge on any atom is -0.389 e. The molecule has 1 atom stereocenters. The van der Waals surface area contributed by atoms with Crippen LogP contribution in [-0.4, -0.2) is 20.5 Å². The van der Waals surface area contributed by atoms with Crippen LogP contribution in [0, 0.1) is 6.92 Å². The Balaban J connectivity index is 2.16. The van der Waals surface area contributed by atoms with E-state index in [1.54, 1.807) is 11.7 Å². The summed E-state index contributed by atoms with van der Waals surface area (Å²) in [6.45, 7) is 3.71. The summed E-state index contributed by atoms with van der Waals surface area (Å²) < 4.78 is 1.63. The van der Waals surface area contributed by atoms with Gasteiger partial charge in [0.15, 0.2) is 0 Å². The van der Waals surface area contributed by atoms with Crippen molar-refractivity contribution in [2.45, 2.75) is 32.3 Å². The van der Waals surface area contributed by atoms with Gasteiger partial charge in [0.1, 0.15) is 5.15 Å². The van der Waals surface area contributed by atoms with Crippen molar-refractivity contribution in [2.24, 2.45) is 7.05 Å². The number of aliphatic hydroxyl groups is 1. The van der Waals surface area contributed by atoms with Crippen LogP contribution < -0.4 is 0 Å². The minimum atomic E-state index is -0.884. The topological polar surface area (TPSA) is 38.0 Å². The molecule has 0 aliphatic rings. The average Bonchev–Trinajstić information content (AvgIpc) is 2.58. The monoisotopic (exact) mass is 312 g/mol. The molecule has 2 aromatic rings. The minimum absolute atomic E-state index is 0.466. The van der Waals surface area contributed by atoms with E-state index < -0.39 is 5.60 Å². The van der Waals surface area contributed by atoms with Gasteiger partial charge in [-0.05, 0) is 31.5 Å². The van der Waals surface area contributed by atoms with Gasteiger partial charge >= 0.3 is 0 Å². The Labute approximate surface area is 129 Å². The predicted molar refractivity (Wildman–Crippen MR) is 82.4 cm³/mol. The van der Waals surface area contributed by atoms with Gasteiger partial charge in [-0.25, -0.2) is 0 Å². The van der Waals surface area contributed by atoms with Crippen LogP contribution >= 0.6 is 23.2 Å². The molecule has 0 amide bonds. The van der Waals surface area contributed by atoms with E-state index in [0.717, 1.165) is 16.8 Å². The van der Waals surface area contributed by atoms with Crippen LogP contribution in [0.5, 0.6) is 0 Å². The van der Waals surface area contributed by atoms with Gasteiger partial charge in [-0.2, -0.15) is 5.10 Å². The summed E-state index contributed by atoms with van der Waals surface area (Å²) in [5, 5.41) is 16.2. The van der Waals surface area contributed by atoms with E-state index >= 15 is 0 Å². The fourth-order valence-electron chi connectivity index (χ4n) is 2.36. The number of nitrogens with zero attached hydrogens (tertiary/aromatic N) is 2. The van der Waals surface area contributed by atoms with Gasteiger partial charge in [-0.1, -0.05) is 35.3 Å². The zero-order chi connectivity index (χ0) is 14.9. The van der Waals surface area contributed by atoms with Gasteiger partial charge in [0.2, 0.25) is 0 Å². The number of halogens is 2. The second kappa shape index (κ2) is 5.76. The number of aromatic nitrogens is 2. The SMILES string of the molecule is Cc1nn(C)c(Cl)c1CC(C)(O)Cc1ccc(Cl)cc1. The number of hydrogen-bond acceptors (Lipinski definition) is 2. The highest BCUT2D eigenvalue weighted by Crippen LogP contribution is 2.26. The van der Waals surface area contributed by atoms with Crippen LogP contribution in [0.4, 0.5) is 0 Å². The molecule has 1 aromatic heterocycles. The van der Waals surface area contributed by atoms with E-state index in [4.69, 9.17) is 23.2 Å². The maximum atomic E-state index is 10.6. The lowest BCUT2D eigenvalue weighted by Crippen LogP contribution is -2.30. The lowest BCUT2D eigenvalue weighted by Gasteiger charge is -2.23. The number of hydrogen-bond donors (Lipinski definition) is 1. The second-order valence-electron chi connectivity index (χ2n) is 5.46. The molecule has 0 saturated heterocycles. The number of aryl methyl sites for hydroxylation is 2. The molecule has 5 heteroatoms. The molecule has 1 unspecified atom stereocenters. The molecule has 108 valence electrons. The molecule has 0 saturated carbocycles. The van der Waals surface area contributed by atoms with Gasteiger partial charge in [0.25, 0.3) is 0 Å². The molecule has 0 bridgehead atoms. The largest absolute Gasteiger partial charge is 0.389 e.